The van der Waals surface area contributed by atoms with Gasteiger partial charge in [0.15, 0.2) is 9.04 Å². The third-order valence-electron chi connectivity index (χ3n) is 8.33. The Morgan fingerprint density at radius 2 is 0.975 bits per heavy atom. The molecule has 0 heterocycles. The Labute approximate surface area is 256 Å². The summed E-state index contributed by atoms with van der Waals surface area (Å²) in [6.45, 7) is 18.2. The van der Waals surface area contributed by atoms with Gasteiger partial charge in [0.2, 0.25) is 9.76 Å². The van der Waals surface area contributed by atoms with Crippen molar-refractivity contribution in [2.24, 2.45) is 0 Å². The van der Waals surface area contributed by atoms with Crippen LogP contribution in [0.2, 0.25) is 57.4 Å². The quantitative estimate of drug-likeness (QED) is 0.0423. The predicted octanol–water partition coefficient (Wildman–Crippen LogP) is 9.37. The molecule has 1 aromatic carbocycles. The summed E-state index contributed by atoms with van der Waals surface area (Å²) in [5, 5.41) is 3.33. The average molecular weight is 623 g/mol. The van der Waals surface area contributed by atoms with E-state index >= 15 is 0 Å². The summed E-state index contributed by atoms with van der Waals surface area (Å²) in [5.41, 5.74) is 0. The van der Waals surface area contributed by atoms with Crippen LogP contribution in [0.3, 0.4) is 0 Å². The first-order chi connectivity index (χ1) is 19.2. The van der Waals surface area contributed by atoms with Crippen molar-refractivity contribution in [2.45, 2.75) is 161 Å². The topological polar surface area (TPSA) is 27.7 Å². The van der Waals surface area contributed by atoms with E-state index in [1.807, 2.05) is 6.92 Å². The van der Waals surface area contributed by atoms with Crippen molar-refractivity contribution in [3.05, 3.63) is 24.3 Å². The third kappa shape index (κ3) is 19.2. The summed E-state index contributed by atoms with van der Waals surface area (Å²) in [6, 6.07) is 14.2. The van der Waals surface area contributed by atoms with Crippen LogP contribution in [-0.2, 0) is 13.9 Å². The largest absolute Gasteiger partial charge is 0.459 e. The van der Waals surface area contributed by atoms with Crippen molar-refractivity contribution >= 4 is 45.3 Å². The van der Waals surface area contributed by atoms with Crippen LogP contribution in [0.1, 0.15) is 103 Å². The Morgan fingerprint density at radius 3 is 1.40 bits per heavy atom. The number of benzene rings is 1. The standard InChI is InChI=1S/C33H66O3Si4/c1-8-34-35-28-20-16-12-10-9-11-14-18-22-30-39(4,5)32-24-26-33(27-25-32)40(6,7)31-23-19-15-13-17-21-29-37-36-38(2)3/h24-27,38H,8-23,28-31H2,1-7H3. The molecule has 0 amide bonds. The molecule has 0 bridgehead atoms. The Kier molecular flexibility index (Phi) is 22.3. The second-order valence-corrected chi connectivity index (χ2v) is 27.0. The number of unbranched alkanes of at least 4 members (excludes halogenated alkanes) is 13. The smallest absolute Gasteiger partial charge is 0.214 e. The van der Waals surface area contributed by atoms with E-state index < -0.39 is 25.2 Å². The van der Waals surface area contributed by atoms with Crippen LogP contribution in [0.15, 0.2) is 24.3 Å². The number of rotatable bonds is 27. The van der Waals surface area contributed by atoms with Crippen LogP contribution < -0.4 is 10.4 Å². The first-order valence-electron chi connectivity index (χ1n) is 16.9. The molecule has 0 saturated carbocycles. The lowest BCUT2D eigenvalue weighted by Crippen LogP contribution is -2.45. The lowest BCUT2D eigenvalue weighted by molar-refractivity contribution is -0.291. The fourth-order valence-corrected chi connectivity index (χ4v) is 12.6. The molecule has 0 atom stereocenters. The summed E-state index contributed by atoms with van der Waals surface area (Å²) in [4.78, 5) is 10.0. The maximum Gasteiger partial charge on any atom is 0.214 e. The fourth-order valence-electron chi connectivity index (χ4n) is 5.47. The van der Waals surface area contributed by atoms with Gasteiger partial charge in [-0.3, -0.25) is 0 Å². The molecule has 3 nitrogen and oxygen atoms in total. The highest BCUT2D eigenvalue weighted by Gasteiger charge is 2.26. The highest BCUT2D eigenvalue weighted by molar-refractivity contribution is 6.91. The third-order valence-corrected chi connectivity index (χ3v) is 18.4. The average Bonchev–Trinajstić information content (AvgIpc) is 2.92. The van der Waals surface area contributed by atoms with Gasteiger partial charge in [0.1, 0.15) is 0 Å². The molecule has 0 aliphatic carbocycles. The van der Waals surface area contributed by atoms with Gasteiger partial charge in [-0.15, -0.1) is 0 Å². The normalized spacial score (nSPS) is 12.5. The van der Waals surface area contributed by atoms with E-state index in [0.717, 1.165) is 22.8 Å². The molecule has 0 aromatic heterocycles. The minimum atomic E-state index is -1.33. The van der Waals surface area contributed by atoms with Crippen molar-refractivity contribution < 1.29 is 13.9 Å². The molecule has 1 aromatic rings. The van der Waals surface area contributed by atoms with E-state index in [1.54, 1.807) is 10.4 Å². The van der Waals surface area contributed by atoms with Gasteiger partial charge in [-0.1, -0.05) is 163 Å². The van der Waals surface area contributed by atoms with Gasteiger partial charge >= 0.3 is 0 Å². The van der Waals surface area contributed by atoms with Crippen molar-refractivity contribution in [3.63, 3.8) is 0 Å². The van der Waals surface area contributed by atoms with Crippen LogP contribution in [-0.4, -0.2) is 48.2 Å². The summed E-state index contributed by atoms with van der Waals surface area (Å²) in [6.07, 6.45) is 20.5. The summed E-state index contributed by atoms with van der Waals surface area (Å²) >= 11 is 0. The van der Waals surface area contributed by atoms with Crippen molar-refractivity contribution in [2.75, 3.05) is 13.2 Å². The zero-order valence-electron chi connectivity index (χ0n) is 27.8. The lowest BCUT2D eigenvalue weighted by atomic mass is 10.1. The van der Waals surface area contributed by atoms with Gasteiger partial charge in [0, 0.05) is 0 Å². The minimum absolute atomic E-state index is 0.642. The van der Waals surface area contributed by atoms with E-state index in [2.05, 4.69) is 63.5 Å². The van der Waals surface area contributed by atoms with Crippen molar-refractivity contribution in [3.8, 4) is 0 Å². The zero-order chi connectivity index (χ0) is 29.5. The molecule has 0 aliphatic rings. The van der Waals surface area contributed by atoms with Gasteiger partial charge in [0.25, 0.3) is 0 Å². The molecule has 0 spiro atoms. The van der Waals surface area contributed by atoms with Crippen LogP contribution in [0.5, 0.6) is 0 Å². The number of hydrogen-bond donors (Lipinski definition) is 0. The van der Waals surface area contributed by atoms with Crippen LogP contribution in [0.4, 0.5) is 0 Å². The van der Waals surface area contributed by atoms with E-state index in [4.69, 9.17) is 13.9 Å². The van der Waals surface area contributed by atoms with E-state index in [9.17, 15) is 0 Å². The second kappa shape index (κ2) is 23.4. The molecule has 0 unspecified atom stereocenters. The Morgan fingerprint density at radius 1 is 0.575 bits per heavy atom. The zero-order valence-corrected chi connectivity index (χ0v) is 31.9. The van der Waals surface area contributed by atoms with Crippen LogP contribution in [0, 0.1) is 0 Å². The van der Waals surface area contributed by atoms with Crippen LogP contribution in [0.25, 0.3) is 0 Å². The van der Waals surface area contributed by atoms with Crippen molar-refractivity contribution in [1.29, 1.82) is 0 Å². The van der Waals surface area contributed by atoms with E-state index in [0.29, 0.717) is 6.61 Å². The molecule has 0 saturated heterocycles. The first-order valence-corrected chi connectivity index (χ1v) is 27.2. The molecule has 7 heteroatoms. The molecular formula is C33H66O3Si4. The lowest BCUT2D eigenvalue weighted by Gasteiger charge is -2.26. The molecular weight excluding hydrogens is 557 g/mol. The van der Waals surface area contributed by atoms with Gasteiger partial charge < -0.3 is 4.12 Å². The Hall–Kier alpha value is -0.0325. The van der Waals surface area contributed by atoms with Gasteiger partial charge in [-0.05, 0) is 32.5 Å². The van der Waals surface area contributed by atoms with Gasteiger partial charge in [0.05, 0.1) is 29.4 Å². The Bertz CT molecular complexity index is 710. The first kappa shape index (κ1) is 38.0. The maximum absolute atomic E-state index is 5.81. The molecule has 0 N–H and O–H groups in total. The molecule has 0 fully saturated rings. The van der Waals surface area contributed by atoms with E-state index in [1.165, 1.54) is 108 Å². The highest BCUT2D eigenvalue weighted by Crippen LogP contribution is 2.19. The SMILES string of the molecule is CCOOCCCCCCCCCCC[Si](C)(C)c1ccc([Si](C)(C)CCCCCCCC[Si]O[SiH](C)C)cc1. The Balaban J connectivity index is 2.17. The summed E-state index contributed by atoms with van der Waals surface area (Å²) in [5.74, 6) is 0. The van der Waals surface area contributed by atoms with Gasteiger partial charge in [-0.25, -0.2) is 9.78 Å². The molecule has 1 rings (SSSR count). The van der Waals surface area contributed by atoms with Crippen molar-refractivity contribution in [1.82, 2.24) is 0 Å². The highest BCUT2D eigenvalue weighted by atomic mass is 28.3. The van der Waals surface area contributed by atoms with Gasteiger partial charge in [-0.2, -0.15) is 0 Å². The predicted molar refractivity (Wildman–Crippen MR) is 188 cm³/mol. The van der Waals surface area contributed by atoms with Crippen LogP contribution >= 0.6 is 0 Å². The monoisotopic (exact) mass is 622 g/mol. The molecule has 0 aliphatic heterocycles. The number of hydrogen-bond acceptors (Lipinski definition) is 3. The van der Waals surface area contributed by atoms with E-state index in [-0.39, 0.29) is 0 Å². The molecule has 232 valence electrons. The molecule has 40 heavy (non-hydrogen) atoms. The molecule has 2 radical (unpaired) electrons. The summed E-state index contributed by atoms with van der Waals surface area (Å²) in [7, 11) is -2.70. The maximum atomic E-state index is 5.81. The fraction of sp³-hybridized carbons (Fsp3) is 0.818. The second-order valence-electron chi connectivity index (χ2n) is 13.4. The minimum Gasteiger partial charge on any atom is -0.459 e. The summed E-state index contributed by atoms with van der Waals surface area (Å²) < 4.78 is 5.81.